The number of sulfonamides is 1. The van der Waals surface area contributed by atoms with Crippen LogP contribution in [0.25, 0.3) is 0 Å². The smallest absolute Gasteiger partial charge is 0.293 e. The second kappa shape index (κ2) is 9.86. The molecule has 30 heavy (non-hydrogen) atoms. The molecule has 1 aliphatic carbocycles. The molecule has 0 amide bonds. The van der Waals surface area contributed by atoms with Gasteiger partial charge in [-0.05, 0) is 55.9 Å². The standard InChI is InChI=1S/C20H27N5O4S/c1-15-5-7-16(8-6-15)24-30(28,29)17-9-10-18(19(14-17)25(26)27)21-12-13-23-20-4-2-3-11-22-20/h2-4,9-11,14-16,21,24H,5-8,12-13H2,1H3,(H,22,23). The molecule has 0 aliphatic heterocycles. The lowest BCUT2D eigenvalue weighted by atomic mass is 9.88. The SMILES string of the molecule is CC1CCC(NS(=O)(=O)c2ccc(NCCNc3ccccn3)c([N+](=O)[O-])c2)CC1. The summed E-state index contributed by atoms with van der Waals surface area (Å²) >= 11 is 0. The summed E-state index contributed by atoms with van der Waals surface area (Å²) in [6, 6.07) is 9.32. The fourth-order valence-corrected chi connectivity index (χ4v) is 4.82. The van der Waals surface area contributed by atoms with E-state index in [9.17, 15) is 18.5 Å². The summed E-state index contributed by atoms with van der Waals surface area (Å²) in [6.07, 6.45) is 5.18. The fraction of sp³-hybridized carbons (Fsp3) is 0.450. The Hall–Kier alpha value is -2.72. The number of nitrogens with zero attached hydrogens (tertiary/aromatic N) is 2. The Labute approximate surface area is 176 Å². The van der Waals surface area contributed by atoms with Gasteiger partial charge >= 0.3 is 0 Å². The summed E-state index contributed by atoms with van der Waals surface area (Å²) in [4.78, 5) is 15.0. The maximum absolute atomic E-state index is 12.7. The molecule has 0 bridgehead atoms. The van der Waals surface area contributed by atoms with Crippen LogP contribution in [0.5, 0.6) is 0 Å². The van der Waals surface area contributed by atoms with Crippen LogP contribution in [0.4, 0.5) is 17.2 Å². The van der Waals surface area contributed by atoms with E-state index in [1.54, 1.807) is 6.20 Å². The minimum atomic E-state index is -3.81. The lowest BCUT2D eigenvalue weighted by molar-refractivity contribution is -0.384. The second-order valence-corrected chi connectivity index (χ2v) is 9.30. The molecule has 0 spiro atoms. The van der Waals surface area contributed by atoms with E-state index in [1.165, 1.54) is 12.1 Å². The van der Waals surface area contributed by atoms with Crippen molar-refractivity contribution in [2.45, 2.75) is 43.5 Å². The van der Waals surface area contributed by atoms with Gasteiger partial charge in [0, 0.05) is 31.4 Å². The monoisotopic (exact) mass is 433 g/mol. The van der Waals surface area contributed by atoms with Gasteiger partial charge in [-0.25, -0.2) is 18.1 Å². The highest BCUT2D eigenvalue weighted by molar-refractivity contribution is 7.89. The van der Waals surface area contributed by atoms with Crippen molar-refractivity contribution in [2.24, 2.45) is 5.92 Å². The van der Waals surface area contributed by atoms with Crippen LogP contribution in [0.15, 0.2) is 47.5 Å². The third-order valence-electron chi connectivity index (χ3n) is 5.23. The lowest BCUT2D eigenvalue weighted by Crippen LogP contribution is -2.37. The number of nitro benzene ring substituents is 1. The minimum Gasteiger partial charge on any atom is -0.378 e. The molecule has 10 heteroatoms. The first kappa shape index (κ1) is 22.0. The van der Waals surface area contributed by atoms with E-state index in [1.807, 2.05) is 18.2 Å². The molecule has 1 heterocycles. The van der Waals surface area contributed by atoms with Crippen LogP contribution in [0, 0.1) is 16.0 Å². The topological polar surface area (TPSA) is 126 Å². The summed E-state index contributed by atoms with van der Waals surface area (Å²) < 4.78 is 28.1. The van der Waals surface area contributed by atoms with Crippen molar-refractivity contribution in [3.63, 3.8) is 0 Å². The van der Waals surface area contributed by atoms with Gasteiger partial charge in [0.2, 0.25) is 10.0 Å². The van der Waals surface area contributed by atoms with Gasteiger partial charge in [-0.15, -0.1) is 0 Å². The Morgan fingerprint density at radius 3 is 2.50 bits per heavy atom. The molecule has 3 rings (SSSR count). The maximum atomic E-state index is 12.7. The van der Waals surface area contributed by atoms with Crippen LogP contribution < -0.4 is 15.4 Å². The number of aromatic nitrogens is 1. The highest BCUT2D eigenvalue weighted by Gasteiger charge is 2.26. The number of nitro groups is 1. The van der Waals surface area contributed by atoms with E-state index in [0.29, 0.717) is 24.8 Å². The average molecular weight is 434 g/mol. The van der Waals surface area contributed by atoms with Crippen LogP contribution in [-0.4, -0.2) is 37.5 Å². The molecule has 0 unspecified atom stereocenters. The van der Waals surface area contributed by atoms with Crippen molar-refractivity contribution in [2.75, 3.05) is 23.7 Å². The normalized spacial score (nSPS) is 19.2. The van der Waals surface area contributed by atoms with Crippen LogP contribution >= 0.6 is 0 Å². The summed E-state index contributed by atoms with van der Waals surface area (Å²) in [5, 5.41) is 17.6. The van der Waals surface area contributed by atoms with Gasteiger partial charge in [0.25, 0.3) is 5.69 Å². The summed E-state index contributed by atoms with van der Waals surface area (Å²) in [5.74, 6) is 1.31. The second-order valence-electron chi connectivity index (χ2n) is 7.58. The third-order valence-corrected chi connectivity index (χ3v) is 6.74. The molecule has 9 nitrogen and oxygen atoms in total. The average Bonchev–Trinajstić information content (AvgIpc) is 2.73. The number of pyridine rings is 1. The van der Waals surface area contributed by atoms with Gasteiger partial charge in [-0.1, -0.05) is 13.0 Å². The van der Waals surface area contributed by atoms with Crippen LogP contribution in [-0.2, 0) is 10.0 Å². The first-order valence-corrected chi connectivity index (χ1v) is 11.5. The Bertz CT molecular complexity index is 960. The number of rotatable bonds is 9. The molecule has 0 atom stereocenters. The van der Waals surface area contributed by atoms with Crippen molar-refractivity contribution in [3.05, 3.63) is 52.7 Å². The molecule has 1 aromatic carbocycles. The van der Waals surface area contributed by atoms with Crippen LogP contribution in [0.1, 0.15) is 32.6 Å². The number of hydrogen-bond acceptors (Lipinski definition) is 7. The van der Waals surface area contributed by atoms with Gasteiger partial charge in [-0.3, -0.25) is 10.1 Å². The molecule has 3 N–H and O–H groups in total. The van der Waals surface area contributed by atoms with Crippen molar-refractivity contribution >= 4 is 27.2 Å². The van der Waals surface area contributed by atoms with Gasteiger partial charge < -0.3 is 10.6 Å². The van der Waals surface area contributed by atoms with Gasteiger partial charge in [0.1, 0.15) is 11.5 Å². The molecular formula is C20H27N5O4S. The van der Waals surface area contributed by atoms with E-state index < -0.39 is 14.9 Å². The number of benzene rings is 1. The summed E-state index contributed by atoms with van der Waals surface area (Å²) in [5.41, 5.74) is 0.00115. The fourth-order valence-electron chi connectivity index (χ4n) is 3.50. The third kappa shape index (κ3) is 5.90. The Kier molecular flexibility index (Phi) is 7.22. The predicted octanol–water partition coefficient (Wildman–Crippen LogP) is 3.37. The molecule has 162 valence electrons. The molecule has 1 saturated carbocycles. The summed E-state index contributed by atoms with van der Waals surface area (Å²) in [7, 11) is -3.81. The number of anilines is 2. The molecule has 1 aromatic heterocycles. The Morgan fingerprint density at radius 2 is 1.83 bits per heavy atom. The van der Waals surface area contributed by atoms with E-state index in [4.69, 9.17) is 0 Å². The number of nitrogens with one attached hydrogen (secondary N) is 3. The molecule has 0 saturated heterocycles. The predicted molar refractivity (Wildman–Crippen MR) is 116 cm³/mol. The van der Waals surface area contributed by atoms with Gasteiger partial charge in [0.05, 0.1) is 9.82 Å². The van der Waals surface area contributed by atoms with Crippen molar-refractivity contribution in [1.82, 2.24) is 9.71 Å². The zero-order chi connectivity index (χ0) is 21.6. The van der Waals surface area contributed by atoms with Gasteiger partial charge in [0.15, 0.2) is 0 Å². The zero-order valence-corrected chi connectivity index (χ0v) is 17.7. The number of hydrogen-bond donors (Lipinski definition) is 3. The van der Waals surface area contributed by atoms with E-state index >= 15 is 0 Å². The van der Waals surface area contributed by atoms with E-state index in [2.05, 4.69) is 27.3 Å². The first-order chi connectivity index (χ1) is 14.3. The Morgan fingerprint density at radius 1 is 1.10 bits per heavy atom. The van der Waals surface area contributed by atoms with Crippen molar-refractivity contribution in [3.8, 4) is 0 Å². The highest BCUT2D eigenvalue weighted by Crippen LogP contribution is 2.29. The zero-order valence-electron chi connectivity index (χ0n) is 16.9. The summed E-state index contributed by atoms with van der Waals surface area (Å²) in [6.45, 7) is 3.06. The maximum Gasteiger partial charge on any atom is 0.293 e. The molecule has 1 aliphatic rings. The molecule has 2 aromatic rings. The molecule has 1 fully saturated rings. The van der Waals surface area contributed by atoms with Crippen LogP contribution in [0.3, 0.4) is 0 Å². The molecular weight excluding hydrogens is 406 g/mol. The van der Waals surface area contributed by atoms with Gasteiger partial charge in [-0.2, -0.15) is 0 Å². The largest absolute Gasteiger partial charge is 0.378 e. The highest BCUT2D eigenvalue weighted by atomic mass is 32.2. The minimum absolute atomic E-state index is 0.0926. The molecule has 0 radical (unpaired) electrons. The van der Waals surface area contributed by atoms with Crippen molar-refractivity contribution in [1.29, 1.82) is 0 Å². The van der Waals surface area contributed by atoms with E-state index in [0.717, 1.165) is 31.7 Å². The first-order valence-electron chi connectivity index (χ1n) is 10.0. The van der Waals surface area contributed by atoms with Crippen LogP contribution in [0.2, 0.25) is 0 Å². The van der Waals surface area contributed by atoms with E-state index in [-0.39, 0.29) is 22.3 Å². The van der Waals surface area contributed by atoms with Crippen molar-refractivity contribution < 1.29 is 13.3 Å². The lowest BCUT2D eigenvalue weighted by Gasteiger charge is -2.26. The Balaban J connectivity index is 1.64. The quantitative estimate of drug-likeness (QED) is 0.314.